The lowest BCUT2D eigenvalue weighted by atomic mass is 9.83. The lowest BCUT2D eigenvalue weighted by Gasteiger charge is -2.30. The van der Waals surface area contributed by atoms with Gasteiger partial charge in [0.05, 0.1) is 11.6 Å². The third-order valence-electron chi connectivity index (χ3n) is 3.15. The zero-order chi connectivity index (χ0) is 13.3. The molecule has 1 heterocycles. The molecule has 0 spiro atoms. The van der Waals surface area contributed by atoms with E-state index in [0.29, 0.717) is 0 Å². The van der Waals surface area contributed by atoms with Crippen LogP contribution in [0.2, 0.25) is 0 Å². The van der Waals surface area contributed by atoms with Gasteiger partial charge in [-0.25, -0.2) is 0 Å². The molecular formula is C15H19NO2. The maximum absolute atomic E-state index is 10.2. The zero-order valence-corrected chi connectivity index (χ0v) is 11.0. The van der Waals surface area contributed by atoms with Gasteiger partial charge in [0.15, 0.2) is 0 Å². The van der Waals surface area contributed by atoms with Crippen molar-refractivity contribution in [1.82, 2.24) is 4.98 Å². The molecule has 2 N–H and O–H groups in total. The van der Waals surface area contributed by atoms with Crippen LogP contribution >= 0.6 is 0 Å². The van der Waals surface area contributed by atoms with Crippen LogP contribution in [0.4, 0.5) is 0 Å². The van der Waals surface area contributed by atoms with Crippen LogP contribution in [0.15, 0.2) is 36.5 Å². The Hall–Kier alpha value is -1.45. The number of aliphatic hydroxyl groups is 2. The van der Waals surface area contributed by atoms with E-state index >= 15 is 0 Å². The first-order valence-corrected chi connectivity index (χ1v) is 6.10. The molecule has 3 nitrogen and oxygen atoms in total. The Balaban J connectivity index is 2.36. The molecule has 0 aliphatic carbocycles. The zero-order valence-electron chi connectivity index (χ0n) is 11.0. The summed E-state index contributed by atoms with van der Waals surface area (Å²) in [6.45, 7) is 5.72. The summed E-state index contributed by atoms with van der Waals surface area (Å²) < 4.78 is 0. The van der Waals surface area contributed by atoms with Crippen molar-refractivity contribution in [2.24, 2.45) is 5.41 Å². The standard InChI is InChI=1S/C15H19NO2/c1-15(2,3)14(18)13(17)11-6-7-12-10(9-11)5-4-8-16-12/h4-9,13-14,17-18H,1-3H3. The van der Waals surface area contributed by atoms with E-state index in [1.165, 1.54) is 0 Å². The van der Waals surface area contributed by atoms with E-state index in [4.69, 9.17) is 0 Å². The molecule has 0 saturated heterocycles. The minimum absolute atomic E-state index is 0.358. The number of aromatic nitrogens is 1. The molecule has 2 unspecified atom stereocenters. The van der Waals surface area contributed by atoms with Gasteiger partial charge in [0.25, 0.3) is 0 Å². The minimum atomic E-state index is -0.880. The van der Waals surface area contributed by atoms with E-state index in [1.807, 2.05) is 51.1 Å². The van der Waals surface area contributed by atoms with Gasteiger partial charge in [-0.05, 0) is 29.2 Å². The van der Waals surface area contributed by atoms with Gasteiger partial charge >= 0.3 is 0 Å². The predicted octanol–water partition coefficient (Wildman–Crippen LogP) is 2.68. The minimum Gasteiger partial charge on any atom is -0.390 e. The summed E-state index contributed by atoms with van der Waals surface area (Å²) in [6.07, 6.45) is 0.0591. The average molecular weight is 245 g/mol. The summed E-state index contributed by atoms with van der Waals surface area (Å²) in [5.74, 6) is 0. The second-order valence-electron chi connectivity index (χ2n) is 5.71. The summed E-state index contributed by atoms with van der Waals surface area (Å²) in [7, 11) is 0. The molecule has 0 aliphatic heterocycles. The Morgan fingerprint density at radius 2 is 1.83 bits per heavy atom. The quantitative estimate of drug-likeness (QED) is 0.855. The Morgan fingerprint density at radius 3 is 2.50 bits per heavy atom. The molecule has 0 radical (unpaired) electrons. The highest BCUT2D eigenvalue weighted by atomic mass is 16.3. The van der Waals surface area contributed by atoms with Crippen LogP contribution < -0.4 is 0 Å². The SMILES string of the molecule is CC(C)(C)C(O)C(O)c1ccc2ncccc2c1. The van der Waals surface area contributed by atoms with Crippen LogP contribution in [0.5, 0.6) is 0 Å². The van der Waals surface area contributed by atoms with Crippen molar-refractivity contribution < 1.29 is 10.2 Å². The highest BCUT2D eigenvalue weighted by Crippen LogP contribution is 2.30. The molecule has 1 aromatic carbocycles. The molecule has 0 fully saturated rings. The third-order valence-corrected chi connectivity index (χ3v) is 3.15. The van der Waals surface area contributed by atoms with Crippen molar-refractivity contribution in [3.63, 3.8) is 0 Å². The first kappa shape index (κ1) is 13.0. The van der Waals surface area contributed by atoms with Crippen LogP contribution in [0, 0.1) is 5.41 Å². The number of pyridine rings is 1. The maximum Gasteiger partial charge on any atom is 0.105 e. The molecular weight excluding hydrogens is 226 g/mol. The van der Waals surface area contributed by atoms with E-state index in [9.17, 15) is 10.2 Å². The highest BCUT2D eigenvalue weighted by Gasteiger charge is 2.30. The number of rotatable bonds is 2. The third kappa shape index (κ3) is 2.52. The van der Waals surface area contributed by atoms with Gasteiger partial charge in [0.2, 0.25) is 0 Å². The average Bonchev–Trinajstić information content (AvgIpc) is 2.35. The van der Waals surface area contributed by atoms with Crippen LogP contribution in [0.1, 0.15) is 32.4 Å². The predicted molar refractivity (Wildman–Crippen MR) is 72.2 cm³/mol. The Morgan fingerprint density at radius 1 is 1.11 bits per heavy atom. The van der Waals surface area contributed by atoms with Gasteiger partial charge in [0.1, 0.15) is 6.10 Å². The topological polar surface area (TPSA) is 53.4 Å². The van der Waals surface area contributed by atoms with Gasteiger partial charge in [-0.3, -0.25) is 4.98 Å². The normalized spacial score (nSPS) is 15.6. The van der Waals surface area contributed by atoms with Crippen molar-refractivity contribution in [3.05, 3.63) is 42.1 Å². The second kappa shape index (κ2) is 4.67. The van der Waals surface area contributed by atoms with Crippen LogP contribution in [0.25, 0.3) is 10.9 Å². The fourth-order valence-electron chi connectivity index (χ4n) is 1.93. The first-order chi connectivity index (χ1) is 8.39. The van der Waals surface area contributed by atoms with Crippen molar-refractivity contribution in [1.29, 1.82) is 0 Å². The number of fused-ring (bicyclic) bond motifs is 1. The molecule has 0 saturated carbocycles. The van der Waals surface area contributed by atoms with Gasteiger partial charge in [0, 0.05) is 11.6 Å². The van der Waals surface area contributed by atoms with Gasteiger partial charge in [-0.15, -0.1) is 0 Å². The summed E-state index contributed by atoms with van der Waals surface area (Å²) in [4.78, 5) is 4.23. The summed E-state index contributed by atoms with van der Waals surface area (Å²) in [5, 5.41) is 21.3. The van der Waals surface area contributed by atoms with Crippen molar-refractivity contribution in [2.75, 3.05) is 0 Å². The summed E-state index contributed by atoms with van der Waals surface area (Å²) in [6, 6.07) is 9.36. The van der Waals surface area contributed by atoms with Crippen molar-refractivity contribution in [3.8, 4) is 0 Å². The summed E-state index contributed by atoms with van der Waals surface area (Å²) in [5.41, 5.74) is 1.25. The van der Waals surface area contributed by atoms with Crippen LogP contribution in [0.3, 0.4) is 0 Å². The monoisotopic (exact) mass is 245 g/mol. The van der Waals surface area contributed by atoms with Crippen molar-refractivity contribution >= 4 is 10.9 Å². The van der Waals surface area contributed by atoms with Gasteiger partial charge < -0.3 is 10.2 Å². The largest absolute Gasteiger partial charge is 0.390 e. The van der Waals surface area contributed by atoms with Crippen molar-refractivity contribution in [2.45, 2.75) is 33.0 Å². The first-order valence-electron chi connectivity index (χ1n) is 6.10. The molecule has 2 atom stereocenters. The smallest absolute Gasteiger partial charge is 0.105 e. The molecule has 96 valence electrons. The fourth-order valence-corrected chi connectivity index (χ4v) is 1.93. The molecule has 18 heavy (non-hydrogen) atoms. The van der Waals surface area contributed by atoms with E-state index in [0.717, 1.165) is 16.5 Å². The van der Waals surface area contributed by atoms with Crippen LogP contribution in [-0.4, -0.2) is 21.3 Å². The van der Waals surface area contributed by atoms with E-state index in [1.54, 1.807) is 6.20 Å². The Kier molecular flexibility index (Phi) is 3.37. The molecule has 0 aliphatic rings. The number of nitrogens with zero attached hydrogens (tertiary/aromatic N) is 1. The molecule has 2 rings (SSSR count). The van der Waals surface area contributed by atoms with Gasteiger partial charge in [-0.2, -0.15) is 0 Å². The number of hydrogen-bond acceptors (Lipinski definition) is 3. The van der Waals surface area contributed by atoms with E-state index < -0.39 is 12.2 Å². The molecule has 0 bridgehead atoms. The fraction of sp³-hybridized carbons (Fsp3) is 0.400. The Bertz CT molecular complexity index is 545. The van der Waals surface area contributed by atoms with E-state index in [-0.39, 0.29) is 5.41 Å². The molecule has 2 aromatic rings. The highest BCUT2D eigenvalue weighted by molar-refractivity contribution is 5.79. The summed E-state index contributed by atoms with van der Waals surface area (Å²) >= 11 is 0. The van der Waals surface area contributed by atoms with Gasteiger partial charge in [-0.1, -0.05) is 32.9 Å². The number of aliphatic hydroxyl groups excluding tert-OH is 2. The van der Waals surface area contributed by atoms with E-state index in [2.05, 4.69) is 4.98 Å². The molecule has 1 aromatic heterocycles. The second-order valence-corrected chi connectivity index (χ2v) is 5.71. The molecule has 3 heteroatoms. The lowest BCUT2D eigenvalue weighted by Crippen LogP contribution is -2.32. The number of hydrogen-bond donors (Lipinski definition) is 2. The van der Waals surface area contributed by atoms with Crippen LogP contribution in [-0.2, 0) is 0 Å². The Labute approximate surface area is 107 Å². The number of benzene rings is 1. The lowest BCUT2D eigenvalue weighted by molar-refractivity contribution is -0.0457. The molecule has 0 amide bonds. The maximum atomic E-state index is 10.2.